The molecule has 1 aromatic heterocycles. The molecule has 0 aliphatic carbocycles. The van der Waals surface area contributed by atoms with Crippen molar-refractivity contribution in [1.29, 1.82) is 0 Å². The Labute approximate surface area is 120 Å². The molecule has 1 heterocycles. The number of ketones is 1. The lowest BCUT2D eigenvalue weighted by molar-refractivity contribution is -0.136. The highest BCUT2D eigenvalue weighted by Gasteiger charge is 2.37. The maximum absolute atomic E-state index is 12.4. The number of aromatic nitrogens is 2. The van der Waals surface area contributed by atoms with E-state index in [0.717, 1.165) is 5.69 Å². The molecule has 1 rings (SSSR count). The normalized spacial score (nSPS) is 14.7. The van der Waals surface area contributed by atoms with Crippen LogP contribution in [-0.4, -0.2) is 28.2 Å². The van der Waals surface area contributed by atoms with E-state index in [0.29, 0.717) is 13.0 Å². The second-order valence-corrected chi connectivity index (χ2v) is 6.34. The SMILES string of the molecule is CC(=O)C(C)C(C(=O)NCCc1c[nH]cn1)C(C)(C)C. The molecule has 0 saturated carbocycles. The van der Waals surface area contributed by atoms with Crippen LogP contribution in [0.15, 0.2) is 12.5 Å². The Kier molecular flexibility index (Phi) is 5.48. The van der Waals surface area contributed by atoms with Crippen LogP contribution in [0.1, 0.15) is 40.3 Å². The number of aromatic amines is 1. The van der Waals surface area contributed by atoms with E-state index in [9.17, 15) is 9.59 Å². The number of rotatable bonds is 6. The van der Waals surface area contributed by atoms with Crippen molar-refractivity contribution in [2.45, 2.75) is 41.0 Å². The molecule has 2 atom stereocenters. The molecule has 0 radical (unpaired) electrons. The predicted octanol–water partition coefficient (Wildman–Crippen LogP) is 1.96. The number of amides is 1. The van der Waals surface area contributed by atoms with Gasteiger partial charge in [-0.1, -0.05) is 27.7 Å². The van der Waals surface area contributed by atoms with Gasteiger partial charge in [-0.15, -0.1) is 0 Å². The summed E-state index contributed by atoms with van der Waals surface area (Å²) in [4.78, 5) is 31.0. The lowest BCUT2D eigenvalue weighted by atomic mass is 9.72. The third kappa shape index (κ3) is 4.47. The van der Waals surface area contributed by atoms with E-state index in [4.69, 9.17) is 0 Å². The molecule has 5 nitrogen and oxygen atoms in total. The molecule has 2 unspecified atom stereocenters. The number of nitrogens with zero attached hydrogens (tertiary/aromatic N) is 1. The molecular formula is C15H25N3O2. The summed E-state index contributed by atoms with van der Waals surface area (Å²) >= 11 is 0. The fourth-order valence-electron chi connectivity index (χ4n) is 2.46. The maximum atomic E-state index is 12.4. The van der Waals surface area contributed by atoms with Crippen LogP contribution < -0.4 is 5.32 Å². The maximum Gasteiger partial charge on any atom is 0.224 e. The number of imidazole rings is 1. The lowest BCUT2D eigenvalue weighted by Crippen LogP contribution is -2.44. The number of carbonyl (C=O) groups excluding carboxylic acids is 2. The van der Waals surface area contributed by atoms with E-state index < -0.39 is 0 Å². The Hall–Kier alpha value is -1.65. The number of H-pyrrole nitrogens is 1. The van der Waals surface area contributed by atoms with Crippen molar-refractivity contribution in [3.63, 3.8) is 0 Å². The van der Waals surface area contributed by atoms with Gasteiger partial charge >= 0.3 is 0 Å². The monoisotopic (exact) mass is 279 g/mol. The van der Waals surface area contributed by atoms with Crippen LogP contribution in [0.5, 0.6) is 0 Å². The van der Waals surface area contributed by atoms with Crippen molar-refractivity contribution >= 4 is 11.7 Å². The van der Waals surface area contributed by atoms with Crippen LogP contribution in [0.3, 0.4) is 0 Å². The summed E-state index contributed by atoms with van der Waals surface area (Å²) in [5, 5.41) is 2.92. The number of hydrogen-bond donors (Lipinski definition) is 2. The largest absolute Gasteiger partial charge is 0.355 e. The first-order valence-electron chi connectivity index (χ1n) is 6.99. The third-order valence-electron chi connectivity index (χ3n) is 3.59. The zero-order valence-electron chi connectivity index (χ0n) is 13.0. The summed E-state index contributed by atoms with van der Waals surface area (Å²) in [6.45, 7) is 9.87. The predicted molar refractivity (Wildman–Crippen MR) is 78.1 cm³/mol. The van der Waals surface area contributed by atoms with Crippen LogP contribution in [0.25, 0.3) is 0 Å². The molecule has 0 saturated heterocycles. The minimum atomic E-state index is -0.320. The quantitative estimate of drug-likeness (QED) is 0.836. The van der Waals surface area contributed by atoms with Crippen LogP contribution in [0.2, 0.25) is 0 Å². The molecule has 0 fully saturated rings. The number of carbonyl (C=O) groups is 2. The van der Waals surface area contributed by atoms with Crippen LogP contribution >= 0.6 is 0 Å². The molecule has 0 aliphatic heterocycles. The minimum absolute atomic E-state index is 0.0485. The van der Waals surface area contributed by atoms with Crippen molar-refractivity contribution in [2.24, 2.45) is 17.3 Å². The zero-order chi connectivity index (χ0) is 15.3. The highest BCUT2D eigenvalue weighted by molar-refractivity contribution is 5.87. The fraction of sp³-hybridized carbons (Fsp3) is 0.667. The van der Waals surface area contributed by atoms with E-state index in [1.807, 2.05) is 33.9 Å². The van der Waals surface area contributed by atoms with Gasteiger partial charge in [0.05, 0.1) is 17.9 Å². The highest BCUT2D eigenvalue weighted by Crippen LogP contribution is 2.32. The number of hydrogen-bond acceptors (Lipinski definition) is 3. The van der Waals surface area contributed by atoms with Gasteiger partial charge in [0.25, 0.3) is 0 Å². The molecule has 1 amide bonds. The van der Waals surface area contributed by atoms with E-state index in [1.165, 1.54) is 0 Å². The van der Waals surface area contributed by atoms with Gasteiger partial charge in [-0.2, -0.15) is 0 Å². The fourth-order valence-corrected chi connectivity index (χ4v) is 2.46. The first-order valence-corrected chi connectivity index (χ1v) is 6.99. The Morgan fingerprint density at radius 2 is 2.05 bits per heavy atom. The Morgan fingerprint density at radius 3 is 2.50 bits per heavy atom. The van der Waals surface area contributed by atoms with E-state index in [2.05, 4.69) is 15.3 Å². The summed E-state index contributed by atoms with van der Waals surface area (Å²) in [6, 6.07) is 0. The molecule has 5 heteroatoms. The standard InChI is InChI=1S/C15H25N3O2/c1-10(11(2)19)13(15(3,4)5)14(20)17-7-6-12-8-16-9-18-12/h8-10,13H,6-7H2,1-5H3,(H,16,18)(H,17,20). The molecule has 1 aromatic rings. The minimum Gasteiger partial charge on any atom is -0.355 e. The van der Waals surface area contributed by atoms with Gasteiger partial charge in [-0.3, -0.25) is 9.59 Å². The first kappa shape index (κ1) is 16.4. The molecule has 0 aliphatic rings. The van der Waals surface area contributed by atoms with Crippen LogP contribution in [0, 0.1) is 17.3 Å². The summed E-state index contributed by atoms with van der Waals surface area (Å²) in [6.07, 6.45) is 4.11. The molecular weight excluding hydrogens is 254 g/mol. The molecule has 112 valence electrons. The summed E-state index contributed by atoms with van der Waals surface area (Å²) in [5.41, 5.74) is 0.666. The lowest BCUT2D eigenvalue weighted by Gasteiger charge is -2.33. The summed E-state index contributed by atoms with van der Waals surface area (Å²) in [5.74, 6) is -0.609. The first-order chi connectivity index (χ1) is 9.23. The van der Waals surface area contributed by atoms with Crippen molar-refractivity contribution < 1.29 is 9.59 Å². The molecule has 20 heavy (non-hydrogen) atoms. The molecule has 0 spiro atoms. The van der Waals surface area contributed by atoms with Crippen molar-refractivity contribution in [2.75, 3.05) is 6.54 Å². The Balaban J connectivity index is 2.62. The number of nitrogens with one attached hydrogen (secondary N) is 2. The highest BCUT2D eigenvalue weighted by atomic mass is 16.2. The van der Waals surface area contributed by atoms with E-state index in [-0.39, 0.29) is 28.9 Å². The van der Waals surface area contributed by atoms with Crippen molar-refractivity contribution in [3.8, 4) is 0 Å². The summed E-state index contributed by atoms with van der Waals surface area (Å²) in [7, 11) is 0. The Morgan fingerprint density at radius 1 is 1.40 bits per heavy atom. The van der Waals surface area contributed by atoms with Crippen LogP contribution in [-0.2, 0) is 16.0 Å². The van der Waals surface area contributed by atoms with Gasteiger partial charge in [-0.25, -0.2) is 4.98 Å². The van der Waals surface area contributed by atoms with Gasteiger partial charge in [0.2, 0.25) is 5.91 Å². The van der Waals surface area contributed by atoms with Crippen molar-refractivity contribution in [1.82, 2.24) is 15.3 Å². The van der Waals surface area contributed by atoms with Gasteiger partial charge in [0, 0.05) is 25.1 Å². The van der Waals surface area contributed by atoms with Crippen molar-refractivity contribution in [3.05, 3.63) is 18.2 Å². The van der Waals surface area contributed by atoms with E-state index >= 15 is 0 Å². The van der Waals surface area contributed by atoms with Gasteiger partial charge < -0.3 is 10.3 Å². The third-order valence-corrected chi connectivity index (χ3v) is 3.59. The molecule has 0 aromatic carbocycles. The Bertz CT molecular complexity index is 446. The smallest absolute Gasteiger partial charge is 0.224 e. The average Bonchev–Trinajstić information content (AvgIpc) is 2.80. The topological polar surface area (TPSA) is 74.8 Å². The molecule has 2 N–H and O–H groups in total. The van der Waals surface area contributed by atoms with Crippen LogP contribution in [0.4, 0.5) is 0 Å². The second-order valence-electron chi connectivity index (χ2n) is 6.34. The van der Waals surface area contributed by atoms with E-state index in [1.54, 1.807) is 13.3 Å². The van der Waals surface area contributed by atoms with Gasteiger partial charge in [0.1, 0.15) is 5.78 Å². The summed E-state index contributed by atoms with van der Waals surface area (Å²) < 4.78 is 0. The zero-order valence-corrected chi connectivity index (χ0v) is 13.0. The number of Topliss-reactive ketones (excluding diaryl/α,β-unsaturated/α-hetero) is 1. The average molecular weight is 279 g/mol. The van der Waals surface area contributed by atoms with Gasteiger partial charge in [0.15, 0.2) is 0 Å². The van der Waals surface area contributed by atoms with Gasteiger partial charge in [-0.05, 0) is 12.3 Å². The molecule has 0 bridgehead atoms. The second kappa shape index (κ2) is 6.68.